The zero-order chi connectivity index (χ0) is 10.5. The maximum absolute atomic E-state index is 2.41. The highest BCUT2D eigenvalue weighted by atomic mass is 14.3. The maximum Gasteiger partial charge on any atom is -0.0354 e. The van der Waals surface area contributed by atoms with Gasteiger partial charge in [-0.25, -0.2) is 0 Å². The molecule has 2 atom stereocenters. The predicted octanol–water partition coefficient (Wildman–Crippen LogP) is 4.89. The lowest BCUT2D eigenvalue weighted by molar-refractivity contribution is 0.177. The smallest absolute Gasteiger partial charge is 0.0354 e. The monoisotopic (exact) mass is 184 g/mol. The summed E-state index contributed by atoms with van der Waals surface area (Å²) in [6.07, 6.45) is 5.57. The first-order valence-electron chi connectivity index (χ1n) is 5.89. The molecule has 0 nitrogen and oxygen atoms in total. The average Bonchev–Trinajstić information content (AvgIpc) is 2.01. The molecule has 0 fully saturated rings. The summed E-state index contributed by atoms with van der Waals surface area (Å²) in [6.45, 7) is 14.1. The minimum Gasteiger partial charge on any atom is -0.0654 e. The first-order valence-corrected chi connectivity index (χ1v) is 5.89. The molecule has 0 aromatic carbocycles. The molecule has 2 unspecified atom stereocenters. The van der Waals surface area contributed by atoms with Gasteiger partial charge in [0.25, 0.3) is 0 Å². The lowest BCUT2D eigenvalue weighted by atomic mass is 9.73. The third-order valence-electron chi connectivity index (χ3n) is 3.48. The van der Waals surface area contributed by atoms with Crippen molar-refractivity contribution in [3.8, 4) is 0 Å². The van der Waals surface area contributed by atoms with Gasteiger partial charge in [0.15, 0.2) is 0 Å². The van der Waals surface area contributed by atoms with Crippen LogP contribution in [-0.2, 0) is 0 Å². The normalized spacial score (nSPS) is 17.1. The van der Waals surface area contributed by atoms with Gasteiger partial charge in [-0.1, -0.05) is 67.2 Å². The zero-order valence-corrected chi connectivity index (χ0v) is 10.5. The van der Waals surface area contributed by atoms with Crippen LogP contribution in [0.4, 0.5) is 0 Å². The second kappa shape index (κ2) is 5.67. The van der Waals surface area contributed by atoms with Crippen molar-refractivity contribution >= 4 is 0 Å². The molecule has 13 heavy (non-hydrogen) atoms. The number of rotatable bonds is 5. The fourth-order valence-corrected chi connectivity index (χ4v) is 1.82. The summed E-state index contributed by atoms with van der Waals surface area (Å²) >= 11 is 0. The molecule has 0 amide bonds. The van der Waals surface area contributed by atoms with E-state index in [1.807, 2.05) is 0 Å². The first-order chi connectivity index (χ1) is 5.89. The molecule has 0 heterocycles. The van der Waals surface area contributed by atoms with Gasteiger partial charge in [-0.2, -0.15) is 0 Å². The number of unbranched alkanes of at least 4 members (excludes halogenated alkanes) is 2. The summed E-state index contributed by atoms with van der Waals surface area (Å²) in [5, 5.41) is 0. The van der Waals surface area contributed by atoms with Crippen molar-refractivity contribution in [1.29, 1.82) is 0 Å². The Kier molecular flexibility index (Phi) is 5.67. The largest absolute Gasteiger partial charge is 0.0654 e. The molecule has 0 aromatic heterocycles. The third-order valence-corrected chi connectivity index (χ3v) is 3.48. The highest BCUT2D eigenvalue weighted by molar-refractivity contribution is 4.74. The molecular formula is C13H28. The van der Waals surface area contributed by atoms with Gasteiger partial charge in [-0.3, -0.25) is 0 Å². The zero-order valence-electron chi connectivity index (χ0n) is 10.5. The summed E-state index contributed by atoms with van der Waals surface area (Å²) in [4.78, 5) is 0. The van der Waals surface area contributed by atoms with E-state index in [9.17, 15) is 0 Å². The van der Waals surface area contributed by atoms with Crippen molar-refractivity contribution < 1.29 is 0 Å². The summed E-state index contributed by atoms with van der Waals surface area (Å²) in [7, 11) is 0. The summed E-state index contributed by atoms with van der Waals surface area (Å²) in [5.74, 6) is 1.72. The van der Waals surface area contributed by atoms with E-state index in [-0.39, 0.29) is 0 Å². The fourth-order valence-electron chi connectivity index (χ4n) is 1.82. The Balaban J connectivity index is 3.76. The Hall–Kier alpha value is 0. The van der Waals surface area contributed by atoms with E-state index in [0.717, 1.165) is 11.8 Å². The highest BCUT2D eigenvalue weighted by Gasteiger charge is 2.24. The molecular weight excluding hydrogens is 156 g/mol. The Morgan fingerprint density at radius 3 is 1.92 bits per heavy atom. The Morgan fingerprint density at radius 2 is 1.54 bits per heavy atom. The van der Waals surface area contributed by atoms with E-state index in [4.69, 9.17) is 0 Å². The molecule has 0 bridgehead atoms. The minimum atomic E-state index is 0.478. The van der Waals surface area contributed by atoms with Gasteiger partial charge in [0, 0.05) is 0 Å². The van der Waals surface area contributed by atoms with Gasteiger partial charge >= 0.3 is 0 Å². The van der Waals surface area contributed by atoms with Crippen LogP contribution in [0.5, 0.6) is 0 Å². The summed E-state index contributed by atoms with van der Waals surface area (Å²) in [5.41, 5.74) is 0.478. The van der Waals surface area contributed by atoms with E-state index in [2.05, 4.69) is 41.5 Å². The molecule has 0 aliphatic carbocycles. The van der Waals surface area contributed by atoms with Gasteiger partial charge in [-0.05, 0) is 17.3 Å². The molecule has 0 spiro atoms. The molecule has 0 N–H and O–H groups in total. The number of hydrogen-bond donors (Lipinski definition) is 0. The quantitative estimate of drug-likeness (QED) is 0.534. The van der Waals surface area contributed by atoms with Crippen LogP contribution in [0.2, 0.25) is 0 Å². The van der Waals surface area contributed by atoms with Crippen LogP contribution >= 0.6 is 0 Å². The fraction of sp³-hybridized carbons (Fsp3) is 1.00. The summed E-state index contributed by atoms with van der Waals surface area (Å²) in [6, 6.07) is 0. The van der Waals surface area contributed by atoms with Crippen molar-refractivity contribution in [2.24, 2.45) is 17.3 Å². The van der Waals surface area contributed by atoms with Crippen LogP contribution in [0, 0.1) is 17.3 Å². The standard InChI is InChI=1S/C13H28/c1-7-8-9-10-11(2)12(3)13(4,5)6/h11-12H,7-10H2,1-6H3. The van der Waals surface area contributed by atoms with Gasteiger partial charge < -0.3 is 0 Å². The van der Waals surface area contributed by atoms with E-state index < -0.39 is 0 Å². The molecule has 0 rings (SSSR count). The topological polar surface area (TPSA) is 0 Å². The lowest BCUT2D eigenvalue weighted by Gasteiger charge is -2.32. The second-order valence-corrected chi connectivity index (χ2v) is 5.63. The van der Waals surface area contributed by atoms with E-state index in [0.29, 0.717) is 5.41 Å². The predicted molar refractivity (Wildman–Crippen MR) is 61.9 cm³/mol. The molecule has 0 radical (unpaired) electrons. The van der Waals surface area contributed by atoms with Crippen molar-refractivity contribution in [2.45, 2.75) is 67.2 Å². The molecule has 0 aliphatic heterocycles. The van der Waals surface area contributed by atoms with Crippen molar-refractivity contribution in [1.82, 2.24) is 0 Å². The number of hydrogen-bond acceptors (Lipinski definition) is 0. The SMILES string of the molecule is CCCCCC(C)C(C)C(C)(C)C. The summed E-state index contributed by atoms with van der Waals surface area (Å²) < 4.78 is 0. The molecule has 80 valence electrons. The molecule has 0 saturated heterocycles. The van der Waals surface area contributed by atoms with E-state index in [1.54, 1.807) is 0 Å². The maximum atomic E-state index is 2.41. The van der Waals surface area contributed by atoms with Crippen LogP contribution in [0.25, 0.3) is 0 Å². The van der Waals surface area contributed by atoms with Crippen molar-refractivity contribution in [3.63, 3.8) is 0 Å². The Labute approximate surface area is 85.1 Å². The van der Waals surface area contributed by atoms with Gasteiger partial charge in [-0.15, -0.1) is 0 Å². The van der Waals surface area contributed by atoms with Gasteiger partial charge in [0.2, 0.25) is 0 Å². The Morgan fingerprint density at radius 1 is 1.00 bits per heavy atom. The highest BCUT2D eigenvalue weighted by Crippen LogP contribution is 2.33. The third kappa shape index (κ3) is 5.33. The first kappa shape index (κ1) is 13.0. The van der Waals surface area contributed by atoms with Gasteiger partial charge in [0.05, 0.1) is 0 Å². The second-order valence-electron chi connectivity index (χ2n) is 5.63. The lowest BCUT2D eigenvalue weighted by Crippen LogP contribution is -2.23. The van der Waals surface area contributed by atoms with Crippen LogP contribution in [0.15, 0.2) is 0 Å². The van der Waals surface area contributed by atoms with E-state index >= 15 is 0 Å². The molecule has 0 aromatic rings. The van der Waals surface area contributed by atoms with Gasteiger partial charge in [0.1, 0.15) is 0 Å². The van der Waals surface area contributed by atoms with Crippen molar-refractivity contribution in [3.05, 3.63) is 0 Å². The molecule has 0 aliphatic rings. The minimum absolute atomic E-state index is 0.478. The van der Waals surface area contributed by atoms with Crippen LogP contribution in [0.3, 0.4) is 0 Å². The van der Waals surface area contributed by atoms with Crippen molar-refractivity contribution in [2.75, 3.05) is 0 Å². The van der Waals surface area contributed by atoms with Crippen LogP contribution in [-0.4, -0.2) is 0 Å². The van der Waals surface area contributed by atoms with Crippen LogP contribution < -0.4 is 0 Å². The average molecular weight is 184 g/mol. The molecule has 0 saturated carbocycles. The molecule has 0 heteroatoms. The van der Waals surface area contributed by atoms with Crippen LogP contribution in [0.1, 0.15) is 67.2 Å². The Bertz CT molecular complexity index is 118. The van der Waals surface area contributed by atoms with E-state index in [1.165, 1.54) is 25.7 Å².